The molecule has 0 aliphatic carbocycles. The summed E-state index contributed by atoms with van der Waals surface area (Å²) < 4.78 is 0. The summed E-state index contributed by atoms with van der Waals surface area (Å²) in [5.74, 6) is 0. The van der Waals surface area contributed by atoms with E-state index in [0.717, 1.165) is 0 Å². The van der Waals surface area contributed by atoms with Gasteiger partial charge in [-0.25, -0.2) is 4.99 Å². The Bertz CT molecular complexity index is 172. The minimum Gasteiger partial charge on any atom is -0.298 e. The summed E-state index contributed by atoms with van der Waals surface area (Å²) in [6.07, 6.45) is 1.78. The summed E-state index contributed by atoms with van der Waals surface area (Å²) in [5.41, 5.74) is 0.163. The number of aliphatic imine (C=N–C) groups is 1. The monoisotopic (exact) mass is 143 g/mol. The fourth-order valence-corrected chi connectivity index (χ4v) is 0.325. The summed E-state index contributed by atoms with van der Waals surface area (Å²) >= 11 is 5.38. The van der Waals surface area contributed by atoms with Gasteiger partial charge in [0.15, 0.2) is 6.29 Å². The van der Waals surface area contributed by atoms with E-state index < -0.39 is 0 Å². The van der Waals surface area contributed by atoms with Crippen LogP contribution in [-0.4, -0.2) is 11.5 Å². The molecule has 0 aromatic carbocycles. The molecule has 0 fully saturated rings. The molecular weight excluding hydrogens is 138 g/mol. The minimum atomic E-state index is 0.0833. The summed E-state index contributed by atoms with van der Waals surface area (Å²) in [7, 11) is 0. The molecule has 0 rings (SSSR count). The van der Waals surface area contributed by atoms with Crippen LogP contribution in [-0.2, 0) is 4.79 Å². The second-order valence-electron chi connectivity index (χ2n) is 1.25. The van der Waals surface area contributed by atoms with Crippen LogP contribution in [0.2, 0.25) is 0 Å². The number of carbonyl (C=O) groups is 1. The zero-order valence-corrected chi connectivity index (χ0v) is 5.56. The third kappa shape index (κ3) is 2.82. The zero-order valence-electron chi connectivity index (χ0n) is 4.80. The fraction of sp³-hybridized carbons (Fsp3) is 0. The van der Waals surface area contributed by atoms with Gasteiger partial charge in [0, 0.05) is 11.8 Å². The number of rotatable bonds is 3. The maximum absolute atomic E-state index is 9.92. The number of hydrogen-bond acceptors (Lipinski definition) is 2. The van der Waals surface area contributed by atoms with Crippen molar-refractivity contribution in [3.8, 4) is 0 Å². The molecule has 0 radical (unpaired) electrons. The van der Waals surface area contributed by atoms with E-state index >= 15 is 0 Å². The molecule has 0 amide bonds. The average molecular weight is 144 g/mol. The second-order valence-corrected chi connectivity index (χ2v) is 1.60. The van der Waals surface area contributed by atoms with Crippen LogP contribution in [0.3, 0.4) is 0 Å². The van der Waals surface area contributed by atoms with E-state index in [4.69, 9.17) is 11.6 Å². The van der Waals surface area contributed by atoms with Crippen molar-refractivity contribution >= 4 is 23.1 Å². The normalized spacial score (nSPS) is 10.6. The van der Waals surface area contributed by atoms with Crippen LogP contribution in [0.25, 0.3) is 0 Å². The first kappa shape index (κ1) is 8.11. The number of carbonyl (C=O) groups excluding carboxylic acids is 1. The molecule has 0 aliphatic rings. The van der Waals surface area contributed by atoms with Crippen molar-refractivity contribution in [2.24, 2.45) is 4.99 Å². The van der Waals surface area contributed by atoms with Crippen LogP contribution in [0.4, 0.5) is 0 Å². The molecular formula is C6H6ClNO. The number of hydrogen-bond donors (Lipinski definition) is 0. The van der Waals surface area contributed by atoms with Gasteiger partial charge in [0.25, 0.3) is 0 Å². The Labute approximate surface area is 58.5 Å². The van der Waals surface area contributed by atoms with Gasteiger partial charge in [-0.1, -0.05) is 24.8 Å². The topological polar surface area (TPSA) is 29.4 Å². The van der Waals surface area contributed by atoms with Crippen LogP contribution in [0.5, 0.6) is 0 Å². The summed E-state index contributed by atoms with van der Waals surface area (Å²) in [5, 5.41) is 0.0833. The summed E-state index contributed by atoms with van der Waals surface area (Å²) in [6.45, 7) is 6.60. The number of halogens is 1. The predicted octanol–water partition coefficient (Wildman–Crippen LogP) is 1.52. The van der Waals surface area contributed by atoms with E-state index in [1.165, 1.54) is 6.20 Å². The third-order valence-corrected chi connectivity index (χ3v) is 0.952. The first-order chi connectivity index (χ1) is 4.22. The van der Waals surface area contributed by atoms with Gasteiger partial charge >= 0.3 is 0 Å². The Morgan fingerprint density at radius 3 is 2.56 bits per heavy atom. The Hall–Kier alpha value is -0.890. The molecule has 0 saturated heterocycles. The molecule has 48 valence electrons. The smallest absolute Gasteiger partial charge is 0.152 e. The standard InChI is InChI=1S/C6H6ClNO/c1-3-8-6(7)5(2)4-9/h3-4H,1-2H2. The van der Waals surface area contributed by atoms with Gasteiger partial charge in [0.05, 0.1) is 0 Å². The first-order valence-electron chi connectivity index (χ1n) is 2.21. The molecule has 3 heteroatoms. The Balaban J connectivity index is 4.18. The van der Waals surface area contributed by atoms with Crippen molar-refractivity contribution < 1.29 is 4.79 Å². The van der Waals surface area contributed by atoms with Crippen LogP contribution in [0.15, 0.2) is 29.9 Å². The van der Waals surface area contributed by atoms with Crippen LogP contribution >= 0.6 is 11.6 Å². The quantitative estimate of drug-likeness (QED) is 0.335. The lowest BCUT2D eigenvalue weighted by atomic mass is 10.4. The molecule has 0 heterocycles. The van der Waals surface area contributed by atoms with Crippen molar-refractivity contribution in [2.45, 2.75) is 0 Å². The molecule has 0 spiro atoms. The Morgan fingerprint density at radius 2 is 2.22 bits per heavy atom. The fourth-order valence-electron chi connectivity index (χ4n) is 0.212. The van der Waals surface area contributed by atoms with E-state index in [9.17, 15) is 4.79 Å². The lowest BCUT2D eigenvalue weighted by Crippen LogP contribution is -1.91. The van der Waals surface area contributed by atoms with E-state index in [1.54, 1.807) is 0 Å². The van der Waals surface area contributed by atoms with Crippen molar-refractivity contribution in [2.75, 3.05) is 0 Å². The molecule has 9 heavy (non-hydrogen) atoms. The van der Waals surface area contributed by atoms with Crippen LogP contribution < -0.4 is 0 Å². The molecule has 0 aromatic rings. The molecule has 0 aromatic heterocycles. The van der Waals surface area contributed by atoms with Crippen molar-refractivity contribution in [3.63, 3.8) is 0 Å². The maximum Gasteiger partial charge on any atom is 0.152 e. The van der Waals surface area contributed by atoms with Crippen LogP contribution in [0.1, 0.15) is 0 Å². The van der Waals surface area contributed by atoms with E-state index in [-0.39, 0.29) is 10.7 Å². The Morgan fingerprint density at radius 1 is 1.67 bits per heavy atom. The highest BCUT2D eigenvalue weighted by molar-refractivity contribution is 6.71. The van der Waals surface area contributed by atoms with Crippen molar-refractivity contribution in [1.29, 1.82) is 0 Å². The highest BCUT2D eigenvalue weighted by Gasteiger charge is 1.94. The SMILES string of the molecule is C=CN=C(Cl)C(=C)C=O. The van der Waals surface area contributed by atoms with Gasteiger partial charge in [-0.2, -0.15) is 0 Å². The molecule has 0 unspecified atom stereocenters. The molecule has 0 atom stereocenters. The predicted molar refractivity (Wildman–Crippen MR) is 38.7 cm³/mol. The van der Waals surface area contributed by atoms with Gasteiger partial charge in [-0.05, 0) is 0 Å². The van der Waals surface area contributed by atoms with E-state index in [0.29, 0.717) is 6.29 Å². The number of nitrogens with zero attached hydrogens (tertiary/aromatic N) is 1. The Kier molecular flexibility index (Phi) is 3.64. The molecule has 0 bridgehead atoms. The lowest BCUT2D eigenvalue weighted by Gasteiger charge is -1.87. The summed E-state index contributed by atoms with van der Waals surface area (Å²) in [6, 6.07) is 0. The third-order valence-electron chi connectivity index (χ3n) is 0.612. The summed E-state index contributed by atoms with van der Waals surface area (Å²) in [4.78, 5) is 13.4. The minimum absolute atomic E-state index is 0.0833. The lowest BCUT2D eigenvalue weighted by molar-refractivity contribution is -0.104. The maximum atomic E-state index is 9.92. The molecule has 0 N–H and O–H groups in total. The average Bonchev–Trinajstić information content (AvgIpc) is 1.87. The van der Waals surface area contributed by atoms with E-state index in [2.05, 4.69) is 18.2 Å². The zero-order chi connectivity index (χ0) is 7.28. The molecule has 2 nitrogen and oxygen atoms in total. The van der Waals surface area contributed by atoms with Crippen molar-refractivity contribution in [3.05, 3.63) is 24.9 Å². The van der Waals surface area contributed by atoms with Gasteiger partial charge in [0.2, 0.25) is 0 Å². The first-order valence-corrected chi connectivity index (χ1v) is 2.58. The van der Waals surface area contributed by atoms with Crippen LogP contribution in [0, 0.1) is 0 Å². The molecule has 0 aliphatic heterocycles. The van der Waals surface area contributed by atoms with Gasteiger partial charge in [-0.3, -0.25) is 4.79 Å². The molecule has 0 saturated carbocycles. The highest BCUT2D eigenvalue weighted by atomic mass is 35.5. The number of allylic oxidation sites excluding steroid dienone is 1. The van der Waals surface area contributed by atoms with Gasteiger partial charge in [0.1, 0.15) is 5.17 Å². The highest BCUT2D eigenvalue weighted by Crippen LogP contribution is 1.95. The van der Waals surface area contributed by atoms with Gasteiger partial charge < -0.3 is 0 Å². The van der Waals surface area contributed by atoms with Gasteiger partial charge in [-0.15, -0.1) is 0 Å². The number of aldehydes is 1. The largest absolute Gasteiger partial charge is 0.298 e. The van der Waals surface area contributed by atoms with Crippen molar-refractivity contribution in [1.82, 2.24) is 0 Å². The van der Waals surface area contributed by atoms with E-state index in [1.807, 2.05) is 0 Å². The second kappa shape index (κ2) is 4.04.